The predicted octanol–water partition coefficient (Wildman–Crippen LogP) is 2.36. The second-order valence-corrected chi connectivity index (χ2v) is 5.43. The van der Waals surface area contributed by atoms with Crippen molar-refractivity contribution in [2.45, 2.75) is 12.6 Å². The summed E-state index contributed by atoms with van der Waals surface area (Å²) in [5.41, 5.74) is 0.907. The molecule has 20 heavy (non-hydrogen) atoms. The van der Waals surface area contributed by atoms with Crippen molar-refractivity contribution in [3.8, 4) is 0 Å². The molecule has 1 unspecified atom stereocenters. The summed E-state index contributed by atoms with van der Waals surface area (Å²) < 4.78 is 5.29. The van der Waals surface area contributed by atoms with Crippen molar-refractivity contribution in [1.29, 1.82) is 0 Å². The number of likely N-dealkylation sites (N-methyl/N-ethyl adjacent to an activating group) is 1. The standard InChI is InChI=1S/C13H16Cl2N2O2.ClH/c1-17(13(18)12-8-19-3-2-16-12)7-9-4-10(14)6-11(15)5-9;/h4-6,12,16H,2-3,7-8H2,1H3;1H. The molecule has 1 aliphatic heterocycles. The molecule has 0 aromatic heterocycles. The van der Waals surface area contributed by atoms with Crippen LogP contribution in [0.15, 0.2) is 18.2 Å². The Kier molecular flexibility index (Phi) is 7.06. The van der Waals surface area contributed by atoms with E-state index >= 15 is 0 Å². The molecule has 1 N–H and O–H groups in total. The molecule has 1 aromatic rings. The summed E-state index contributed by atoms with van der Waals surface area (Å²) in [7, 11) is 1.76. The number of morpholine rings is 1. The van der Waals surface area contributed by atoms with E-state index in [2.05, 4.69) is 5.32 Å². The molecule has 1 fully saturated rings. The molecule has 0 aliphatic carbocycles. The fourth-order valence-corrected chi connectivity index (χ4v) is 2.62. The van der Waals surface area contributed by atoms with Gasteiger partial charge in [0.05, 0.1) is 13.2 Å². The second kappa shape index (κ2) is 8.05. The molecule has 1 atom stereocenters. The highest BCUT2D eigenvalue weighted by atomic mass is 35.5. The molecule has 112 valence electrons. The van der Waals surface area contributed by atoms with Crippen LogP contribution in [0.25, 0.3) is 0 Å². The summed E-state index contributed by atoms with van der Waals surface area (Å²) in [5.74, 6) is 0.01000. The van der Waals surface area contributed by atoms with E-state index in [0.29, 0.717) is 36.3 Å². The van der Waals surface area contributed by atoms with Crippen LogP contribution in [0.2, 0.25) is 10.0 Å². The Labute approximate surface area is 134 Å². The zero-order valence-corrected chi connectivity index (χ0v) is 13.4. The van der Waals surface area contributed by atoms with Crippen molar-refractivity contribution >= 4 is 41.5 Å². The zero-order valence-electron chi connectivity index (χ0n) is 11.1. The highest BCUT2D eigenvalue weighted by Crippen LogP contribution is 2.20. The summed E-state index contributed by atoms with van der Waals surface area (Å²) in [6.07, 6.45) is 0. The van der Waals surface area contributed by atoms with Gasteiger partial charge in [-0.15, -0.1) is 12.4 Å². The Morgan fingerprint density at radius 2 is 2.05 bits per heavy atom. The first-order valence-electron chi connectivity index (χ1n) is 6.07. The third kappa shape index (κ3) is 4.79. The van der Waals surface area contributed by atoms with Gasteiger partial charge < -0.3 is 15.0 Å². The van der Waals surface area contributed by atoms with Crippen LogP contribution in [-0.2, 0) is 16.1 Å². The maximum Gasteiger partial charge on any atom is 0.242 e. The average molecular weight is 340 g/mol. The van der Waals surface area contributed by atoms with Gasteiger partial charge in [0.15, 0.2) is 0 Å². The Morgan fingerprint density at radius 3 is 2.60 bits per heavy atom. The lowest BCUT2D eigenvalue weighted by atomic mass is 10.2. The van der Waals surface area contributed by atoms with Gasteiger partial charge >= 0.3 is 0 Å². The zero-order chi connectivity index (χ0) is 13.8. The molecule has 0 bridgehead atoms. The molecule has 1 aliphatic rings. The largest absolute Gasteiger partial charge is 0.378 e. The van der Waals surface area contributed by atoms with Crippen molar-refractivity contribution in [2.75, 3.05) is 26.8 Å². The predicted molar refractivity (Wildman–Crippen MR) is 82.8 cm³/mol. The van der Waals surface area contributed by atoms with Crippen molar-refractivity contribution in [3.63, 3.8) is 0 Å². The fraction of sp³-hybridized carbons (Fsp3) is 0.462. The molecule has 0 saturated carbocycles. The topological polar surface area (TPSA) is 41.6 Å². The van der Waals surface area contributed by atoms with Crippen molar-refractivity contribution in [2.24, 2.45) is 0 Å². The molecular weight excluding hydrogens is 323 g/mol. The van der Waals surface area contributed by atoms with Crippen LogP contribution in [-0.4, -0.2) is 43.7 Å². The van der Waals surface area contributed by atoms with Crippen LogP contribution < -0.4 is 5.32 Å². The van der Waals surface area contributed by atoms with Gasteiger partial charge in [-0.05, 0) is 23.8 Å². The third-order valence-electron chi connectivity index (χ3n) is 2.94. The minimum atomic E-state index is -0.270. The molecule has 2 rings (SSSR count). The van der Waals surface area contributed by atoms with E-state index in [1.807, 2.05) is 12.1 Å². The van der Waals surface area contributed by atoms with Gasteiger partial charge in [0.25, 0.3) is 0 Å². The van der Waals surface area contributed by atoms with E-state index in [1.54, 1.807) is 18.0 Å². The number of rotatable bonds is 3. The molecular formula is C13H17Cl3N2O2. The first kappa shape index (κ1) is 17.5. The molecule has 0 radical (unpaired) electrons. The molecule has 1 amide bonds. The van der Waals surface area contributed by atoms with Gasteiger partial charge in [0.1, 0.15) is 6.04 Å². The number of nitrogens with zero attached hydrogens (tertiary/aromatic N) is 1. The molecule has 1 saturated heterocycles. The number of hydrogen-bond acceptors (Lipinski definition) is 3. The molecule has 4 nitrogen and oxygen atoms in total. The van der Waals surface area contributed by atoms with E-state index < -0.39 is 0 Å². The molecule has 1 aromatic carbocycles. The number of ether oxygens (including phenoxy) is 1. The van der Waals surface area contributed by atoms with E-state index in [4.69, 9.17) is 27.9 Å². The lowest BCUT2D eigenvalue weighted by Gasteiger charge is -2.27. The lowest BCUT2D eigenvalue weighted by molar-refractivity contribution is -0.135. The molecule has 1 heterocycles. The summed E-state index contributed by atoms with van der Waals surface area (Å²) in [5, 5.41) is 4.28. The van der Waals surface area contributed by atoms with Crippen LogP contribution in [0.3, 0.4) is 0 Å². The van der Waals surface area contributed by atoms with E-state index in [9.17, 15) is 4.79 Å². The number of nitrogens with one attached hydrogen (secondary N) is 1. The van der Waals surface area contributed by atoms with E-state index in [0.717, 1.165) is 5.56 Å². The van der Waals surface area contributed by atoms with Gasteiger partial charge in [-0.25, -0.2) is 0 Å². The highest BCUT2D eigenvalue weighted by molar-refractivity contribution is 6.34. The Morgan fingerprint density at radius 1 is 1.40 bits per heavy atom. The SMILES string of the molecule is CN(Cc1cc(Cl)cc(Cl)c1)C(=O)C1COCCN1.Cl. The van der Waals surface area contributed by atoms with Crippen molar-refractivity contribution < 1.29 is 9.53 Å². The van der Waals surface area contributed by atoms with Gasteiger partial charge in [0.2, 0.25) is 5.91 Å². The summed E-state index contributed by atoms with van der Waals surface area (Å²) in [4.78, 5) is 13.8. The van der Waals surface area contributed by atoms with E-state index in [-0.39, 0.29) is 24.4 Å². The lowest BCUT2D eigenvalue weighted by Crippen LogP contribution is -2.51. The van der Waals surface area contributed by atoms with Gasteiger partial charge in [-0.3, -0.25) is 4.79 Å². The maximum absolute atomic E-state index is 12.2. The van der Waals surface area contributed by atoms with Crippen molar-refractivity contribution in [1.82, 2.24) is 10.2 Å². The Bertz CT molecular complexity index is 445. The number of carbonyl (C=O) groups is 1. The van der Waals surface area contributed by atoms with Crippen LogP contribution in [0.5, 0.6) is 0 Å². The normalized spacial score (nSPS) is 18.2. The minimum Gasteiger partial charge on any atom is -0.378 e. The molecule has 0 spiro atoms. The van der Waals surface area contributed by atoms with Gasteiger partial charge in [-0.1, -0.05) is 23.2 Å². The van der Waals surface area contributed by atoms with Crippen LogP contribution in [0.1, 0.15) is 5.56 Å². The quantitative estimate of drug-likeness (QED) is 0.919. The fourth-order valence-electron chi connectivity index (χ4n) is 2.04. The highest BCUT2D eigenvalue weighted by Gasteiger charge is 2.24. The average Bonchev–Trinajstić information content (AvgIpc) is 2.37. The second-order valence-electron chi connectivity index (χ2n) is 4.55. The van der Waals surface area contributed by atoms with E-state index in [1.165, 1.54) is 0 Å². The van der Waals surface area contributed by atoms with Gasteiger partial charge in [0, 0.05) is 30.2 Å². The first-order chi connectivity index (χ1) is 9.06. The number of hydrogen-bond donors (Lipinski definition) is 1. The Hall–Kier alpha value is -0.520. The third-order valence-corrected chi connectivity index (χ3v) is 3.37. The minimum absolute atomic E-state index is 0. The Balaban J connectivity index is 0.00000200. The number of benzene rings is 1. The number of halogens is 3. The van der Waals surface area contributed by atoms with Gasteiger partial charge in [-0.2, -0.15) is 0 Å². The molecule has 7 heteroatoms. The summed E-state index contributed by atoms with van der Waals surface area (Å²) in [6, 6.07) is 5.02. The van der Waals surface area contributed by atoms with Crippen molar-refractivity contribution in [3.05, 3.63) is 33.8 Å². The monoisotopic (exact) mass is 338 g/mol. The summed E-state index contributed by atoms with van der Waals surface area (Å²) >= 11 is 11.9. The summed E-state index contributed by atoms with van der Waals surface area (Å²) in [6.45, 7) is 2.24. The maximum atomic E-state index is 12.2. The smallest absolute Gasteiger partial charge is 0.242 e. The number of carbonyl (C=O) groups excluding carboxylic acids is 1. The number of amides is 1. The van der Waals surface area contributed by atoms with Crippen LogP contribution in [0.4, 0.5) is 0 Å². The van der Waals surface area contributed by atoms with Crippen LogP contribution >= 0.6 is 35.6 Å². The first-order valence-corrected chi connectivity index (χ1v) is 6.83. The van der Waals surface area contributed by atoms with Crippen LogP contribution in [0, 0.1) is 0 Å².